The van der Waals surface area contributed by atoms with Crippen LogP contribution >= 0.6 is 0 Å². The van der Waals surface area contributed by atoms with Crippen LogP contribution in [-0.4, -0.2) is 61.1 Å². The summed E-state index contributed by atoms with van der Waals surface area (Å²) >= 11 is 0. The topological polar surface area (TPSA) is 74.9 Å². The maximum absolute atomic E-state index is 13.1. The van der Waals surface area contributed by atoms with Crippen molar-refractivity contribution in [3.8, 4) is 11.5 Å². The number of hydrogen-bond donors (Lipinski definition) is 1. The molecule has 0 atom stereocenters. The zero-order chi connectivity index (χ0) is 21.1. The Balaban J connectivity index is 1.44. The van der Waals surface area contributed by atoms with Crippen molar-refractivity contribution in [2.45, 2.75) is 6.54 Å². The number of benzene rings is 2. The molecule has 1 aliphatic heterocycles. The van der Waals surface area contributed by atoms with Gasteiger partial charge in [-0.25, -0.2) is 0 Å². The Hall–Kier alpha value is -3.32. The first-order chi connectivity index (χ1) is 14.6. The maximum Gasteiger partial charge on any atom is 0.254 e. The minimum Gasteiger partial charge on any atom is -0.493 e. The number of nitrogens with zero attached hydrogens (tertiary/aromatic N) is 2. The Morgan fingerprint density at radius 1 is 0.967 bits per heavy atom. The molecular weight excluding hydrogens is 382 g/mol. The monoisotopic (exact) mass is 407 g/mol. The van der Waals surface area contributed by atoms with Gasteiger partial charge in [-0.1, -0.05) is 24.3 Å². The lowest BCUT2D eigenvalue weighted by Gasteiger charge is -2.35. The van der Waals surface area contributed by atoms with Gasteiger partial charge in [0.1, 0.15) is 0 Å². The largest absolute Gasteiger partial charge is 0.493 e. The number of rotatable bonds is 5. The molecule has 7 heteroatoms. The molecule has 7 nitrogen and oxygen atoms in total. The second-order valence-corrected chi connectivity index (χ2v) is 7.35. The second-order valence-electron chi connectivity index (χ2n) is 7.35. The summed E-state index contributed by atoms with van der Waals surface area (Å²) in [7, 11) is 3.25. The molecule has 4 rings (SSSR count). The normalized spacial score (nSPS) is 14.7. The van der Waals surface area contributed by atoms with E-state index in [2.05, 4.69) is 9.88 Å². The molecule has 1 aliphatic rings. The van der Waals surface area contributed by atoms with Crippen molar-refractivity contribution in [3.05, 3.63) is 70.0 Å². The lowest BCUT2D eigenvalue weighted by Crippen LogP contribution is -2.48. The summed E-state index contributed by atoms with van der Waals surface area (Å²) in [4.78, 5) is 32.0. The number of hydrogen-bond acceptors (Lipinski definition) is 5. The molecule has 1 fully saturated rings. The highest BCUT2D eigenvalue weighted by Crippen LogP contribution is 2.28. The van der Waals surface area contributed by atoms with Crippen molar-refractivity contribution < 1.29 is 14.3 Å². The third kappa shape index (κ3) is 4.02. The SMILES string of the molecule is COc1ccc(CN2CCN(C(=O)c3cc(=O)[nH]c4ccccc34)CC2)cc1OC. The van der Waals surface area contributed by atoms with Gasteiger partial charge in [0.05, 0.1) is 19.8 Å². The third-order valence-electron chi connectivity index (χ3n) is 5.49. The zero-order valence-electron chi connectivity index (χ0n) is 17.2. The number of H-pyrrole nitrogens is 1. The fraction of sp³-hybridized carbons (Fsp3) is 0.304. The van der Waals surface area contributed by atoms with E-state index < -0.39 is 0 Å². The van der Waals surface area contributed by atoms with Crippen LogP contribution in [0.2, 0.25) is 0 Å². The van der Waals surface area contributed by atoms with E-state index in [1.165, 1.54) is 6.07 Å². The first kappa shape index (κ1) is 20.0. The number of para-hydroxylation sites is 1. The summed E-state index contributed by atoms with van der Waals surface area (Å²) in [6, 6.07) is 14.7. The van der Waals surface area contributed by atoms with E-state index in [1.807, 2.05) is 47.4 Å². The van der Waals surface area contributed by atoms with E-state index in [4.69, 9.17) is 9.47 Å². The van der Waals surface area contributed by atoms with Gasteiger partial charge in [-0.05, 0) is 23.8 Å². The number of fused-ring (bicyclic) bond motifs is 1. The fourth-order valence-electron chi connectivity index (χ4n) is 3.90. The summed E-state index contributed by atoms with van der Waals surface area (Å²) in [5.41, 5.74) is 2.01. The molecular formula is C23H25N3O4. The van der Waals surface area contributed by atoms with Crippen LogP contribution in [0.4, 0.5) is 0 Å². The molecule has 156 valence electrons. The number of carbonyl (C=O) groups is 1. The highest BCUT2D eigenvalue weighted by molar-refractivity contribution is 6.05. The summed E-state index contributed by atoms with van der Waals surface area (Å²) < 4.78 is 10.7. The molecule has 30 heavy (non-hydrogen) atoms. The van der Waals surface area contributed by atoms with Gasteiger partial charge < -0.3 is 19.4 Å². The van der Waals surface area contributed by atoms with Crippen molar-refractivity contribution in [2.75, 3.05) is 40.4 Å². The van der Waals surface area contributed by atoms with Crippen LogP contribution in [0.25, 0.3) is 10.9 Å². The Morgan fingerprint density at radius 2 is 1.70 bits per heavy atom. The third-order valence-corrected chi connectivity index (χ3v) is 5.49. The number of aromatic nitrogens is 1. The summed E-state index contributed by atoms with van der Waals surface area (Å²) in [6.07, 6.45) is 0. The number of ether oxygens (including phenoxy) is 2. The number of amides is 1. The molecule has 3 aromatic rings. The van der Waals surface area contributed by atoms with Crippen molar-refractivity contribution in [1.82, 2.24) is 14.8 Å². The molecule has 2 aromatic carbocycles. The molecule has 1 saturated heterocycles. The summed E-state index contributed by atoms with van der Waals surface area (Å²) in [5, 5.41) is 0.773. The smallest absolute Gasteiger partial charge is 0.254 e. The van der Waals surface area contributed by atoms with Crippen LogP contribution < -0.4 is 15.0 Å². The van der Waals surface area contributed by atoms with Crippen LogP contribution in [0.1, 0.15) is 15.9 Å². The van der Waals surface area contributed by atoms with E-state index in [0.717, 1.165) is 30.6 Å². The number of carbonyl (C=O) groups excluding carboxylic acids is 1. The van der Waals surface area contributed by atoms with E-state index >= 15 is 0 Å². The quantitative estimate of drug-likeness (QED) is 0.703. The minimum absolute atomic E-state index is 0.0944. The van der Waals surface area contributed by atoms with Gasteiger partial charge in [0, 0.05) is 49.7 Å². The van der Waals surface area contributed by atoms with Crippen LogP contribution in [0, 0.1) is 0 Å². The first-order valence-corrected chi connectivity index (χ1v) is 9.93. The predicted octanol–water partition coefficient (Wildman–Crippen LogP) is 2.50. The molecule has 0 unspecified atom stereocenters. The second kappa shape index (κ2) is 8.59. The highest BCUT2D eigenvalue weighted by atomic mass is 16.5. The lowest BCUT2D eigenvalue weighted by atomic mass is 10.1. The Bertz CT molecular complexity index is 1120. The lowest BCUT2D eigenvalue weighted by molar-refractivity contribution is 0.0630. The van der Waals surface area contributed by atoms with Gasteiger partial charge in [0.2, 0.25) is 5.56 Å². The van der Waals surface area contributed by atoms with Crippen LogP contribution in [0.15, 0.2) is 53.3 Å². The molecule has 0 spiro atoms. The molecule has 1 N–H and O–H groups in total. The zero-order valence-corrected chi connectivity index (χ0v) is 17.2. The maximum atomic E-state index is 13.1. The fourth-order valence-corrected chi connectivity index (χ4v) is 3.90. The molecule has 2 heterocycles. The molecule has 1 aromatic heterocycles. The van der Waals surface area contributed by atoms with E-state index in [0.29, 0.717) is 35.7 Å². The number of methoxy groups -OCH3 is 2. The van der Waals surface area contributed by atoms with Crippen LogP contribution in [0.5, 0.6) is 11.5 Å². The molecule has 0 radical (unpaired) electrons. The highest BCUT2D eigenvalue weighted by Gasteiger charge is 2.24. The number of aromatic amines is 1. The number of nitrogens with one attached hydrogen (secondary N) is 1. The summed E-state index contributed by atoms with van der Waals surface area (Å²) in [6.45, 7) is 3.54. The van der Waals surface area contributed by atoms with Crippen molar-refractivity contribution in [3.63, 3.8) is 0 Å². The Labute approximate surface area is 174 Å². The average Bonchev–Trinajstić information content (AvgIpc) is 2.78. The molecule has 0 aliphatic carbocycles. The van der Waals surface area contributed by atoms with Gasteiger partial charge in [-0.15, -0.1) is 0 Å². The van der Waals surface area contributed by atoms with Gasteiger partial charge in [-0.3, -0.25) is 14.5 Å². The van der Waals surface area contributed by atoms with E-state index in [9.17, 15) is 9.59 Å². The predicted molar refractivity (Wildman–Crippen MR) is 115 cm³/mol. The minimum atomic E-state index is -0.260. The Morgan fingerprint density at radius 3 is 2.43 bits per heavy atom. The van der Waals surface area contributed by atoms with Gasteiger partial charge in [0.25, 0.3) is 5.91 Å². The van der Waals surface area contributed by atoms with Crippen molar-refractivity contribution >= 4 is 16.8 Å². The molecule has 1 amide bonds. The number of pyridine rings is 1. The van der Waals surface area contributed by atoms with Crippen molar-refractivity contribution in [2.24, 2.45) is 0 Å². The van der Waals surface area contributed by atoms with Crippen molar-refractivity contribution in [1.29, 1.82) is 0 Å². The summed E-state index contributed by atoms with van der Waals surface area (Å²) in [5.74, 6) is 1.33. The Kier molecular flexibility index (Phi) is 5.72. The van der Waals surface area contributed by atoms with Crippen LogP contribution in [0.3, 0.4) is 0 Å². The molecule has 0 bridgehead atoms. The number of piperazine rings is 1. The molecule has 0 saturated carbocycles. The van der Waals surface area contributed by atoms with Crippen LogP contribution in [-0.2, 0) is 6.54 Å². The first-order valence-electron chi connectivity index (χ1n) is 9.93. The van der Waals surface area contributed by atoms with E-state index in [1.54, 1.807) is 14.2 Å². The van der Waals surface area contributed by atoms with Gasteiger partial charge in [0.15, 0.2) is 11.5 Å². The van der Waals surface area contributed by atoms with Gasteiger partial charge in [-0.2, -0.15) is 0 Å². The standard InChI is InChI=1S/C23H25N3O4/c1-29-20-8-7-16(13-21(20)30-2)15-25-9-11-26(12-10-25)23(28)18-14-22(27)24-19-6-4-3-5-17(18)19/h3-8,13-14H,9-12,15H2,1-2H3,(H,24,27). The average molecular weight is 407 g/mol. The van der Waals surface area contributed by atoms with Gasteiger partial charge >= 0.3 is 0 Å². The van der Waals surface area contributed by atoms with E-state index in [-0.39, 0.29) is 11.5 Å².